The van der Waals surface area contributed by atoms with Crippen LogP contribution in [0.1, 0.15) is 21.5 Å². The molecule has 1 amide bonds. The molecule has 6 nitrogen and oxygen atoms in total. The Morgan fingerprint density at radius 1 is 1.19 bits per heavy atom. The summed E-state index contributed by atoms with van der Waals surface area (Å²) in [6.07, 6.45) is 2.44. The summed E-state index contributed by atoms with van der Waals surface area (Å²) in [5.41, 5.74) is 2.99. The number of benzene rings is 1. The number of hydrogen-bond acceptors (Lipinski definition) is 5. The lowest BCUT2D eigenvalue weighted by Crippen LogP contribution is -2.43. The number of rotatable bonds is 5. The Bertz CT molecular complexity index is 865. The number of anilines is 1. The van der Waals surface area contributed by atoms with E-state index < -0.39 is 9.84 Å². The van der Waals surface area contributed by atoms with Gasteiger partial charge in [-0.1, -0.05) is 29.8 Å². The highest BCUT2D eigenvalue weighted by Gasteiger charge is 2.25. The predicted molar refractivity (Wildman–Crippen MR) is 102 cm³/mol. The first-order valence-electron chi connectivity index (χ1n) is 8.68. The van der Waals surface area contributed by atoms with Crippen molar-refractivity contribution in [1.29, 1.82) is 0 Å². The van der Waals surface area contributed by atoms with Gasteiger partial charge in [-0.15, -0.1) is 0 Å². The topological polar surface area (TPSA) is 79.4 Å². The van der Waals surface area contributed by atoms with Crippen LogP contribution in [0.2, 0.25) is 0 Å². The molecule has 7 heteroatoms. The third-order valence-corrected chi connectivity index (χ3v) is 6.05. The molecular formula is C19H23N3O3S. The first kappa shape index (κ1) is 18.4. The average Bonchev–Trinajstić information content (AvgIpc) is 2.62. The quantitative estimate of drug-likeness (QED) is 0.866. The van der Waals surface area contributed by atoms with Crippen molar-refractivity contribution in [2.24, 2.45) is 0 Å². The molecule has 2 aromatic rings. The Labute approximate surface area is 154 Å². The molecule has 0 bridgehead atoms. The van der Waals surface area contributed by atoms with Crippen molar-refractivity contribution >= 4 is 21.6 Å². The average molecular weight is 373 g/mol. The van der Waals surface area contributed by atoms with Crippen molar-refractivity contribution in [2.75, 3.05) is 36.5 Å². The van der Waals surface area contributed by atoms with Crippen molar-refractivity contribution in [1.82, 2.24) is 9.88 Å². The molecule has 1 aliphatic rings. The van der Waals surface area contributed by atoms with Crippen molar-refractivity contribution in [3.8, 4) is 0 Å². The van der Waals surface area contributed by atoms with Crippen molar-refractivity contribution in [3.05, 3.63) is 59.3 Å². The summed E-state index contributed by atoms with van der Waals surface area (Å²) in [5, 5.41) is 3.25. The van der Waals surface area contributed by atoms with Crippen molar-refractivity contribution < 1.29 is 13.2 Å². The first-order valence-corrected chi connectivity index (χ1v) is 10.5. The van der Waals surface area contributed by atoms with Crippen LogP contribution in [0, 0.1) is 6.92 Å². The number of nitrogens with one attached hydrogen (secondary N) is 1. The molecule has 0 radical (unpaired) electrons. The molecule has 1 fully saturated rings. The Morgan fingerprint density at radius 2 is 1.96 bits per heavy atom. The van der Waals surface area contributed by atoms with Crippen LogP contribution >= 0.6 is 0 Å². The van der Waals surface area contributed by atoms with E-state index in [-0.39, 0.29) is 30.5 Å². The summed E-state index contributed by atoms with van der Waals surface area (Å²) in [4.78, 5) is 18.3. The summed E-state index contributed by atoms with van der Waals surface area (Å²) >= 11 is 0. The van der Waals surface area contributed by atoms with Crippen LogP contribution in [0.5, 0.6) is 0 Å². The minimum atomic E-state index is -2.99. The number of carbonyl (C=O) groups excluding carboxylic acids is 1. The van der Waals surface area contributed by atoms with Crippen LogP contribution in [0.25, 0.3) is 0 Å². The zero-order valence-electron chi connectivity index (χ0n) is 14.8. The predicted octanol–water partition coefficient (Wildman–Crippen LogP) is 1.92. The lowest BCUT2D eigenvalue weighted by atomic mass is 10.1. The molecule has 1 N–H and O–H groups in total. The normalized spacial score (nSPS) is 16.3. The maximum atomic E-state index is 12.4. The Balaban J connectivity index is 1.52. The van der Waals surface area contributed by atoms with Gasteiger partial charge in [0.15, 0.2) is 9.84 Å². The maximum absolute atomic E-state index is 12.4. The maximum Gasteiger partial charge on any atom is 0.255 e. The summed E-state index contributed by atoms with van der Waals surface area (Å²) < 4.78 is 22.9. The lowest BCUT2D eigenvalue weighted by molar-refractivity contribution is 0.0770. The van der Waals surface area contributed by atoms with E-state index in [1.54, 1.807) is 23.2 Å². The van der Waals surface area contributed by atoms with Gasteiger partial charge in [0, 0.05) is 25.8 Å². The van der Waals surface area contributed by atoms with Crippen LogP contribution < -0.4 is 5.32 Å². The van der Waals surface area contributed by atoms with Gasteiger partial charge < -0.3 is 10.2 Å². The van der Waals surface area contributed by atoms with Crippen molar-refractivity contribution in [3.63, 3.8) is 0 Å². The van der Waals surface area contributed by atoms with Gasteiger partial charge in [0.2, 0.25) is 0 Å². The van der Waals surface area contributed by atoms with Crippen LogP contribution in [0.4, 0.5) is 5.82 Å². The van der Waals surface area contributed by atoms with Gasteiger partial charge in [-0.2, -0.15) is 0 Å². The Hall–Kier alpha value is -2.41. The smallest absolute Gasteiger partial charge is 0.255 e. The summed E-state index contributed by atoms with van der Waals surface area (Å²) in [5.74, 6) is 0.615. The number of carbonyl (C=O) groups is 1. The highest BCUT2D eigenvalue weighted by Crippen LogP contribution is 2.12. The SMILES string of the molecule is Cc1cccc(CCNc2ccc(C(=O)N3CCS(=O)(=O)CC3)cn2)c1. The number of pyridine rings is 1. The Kier molecular flexibility index (Phi) is 5.56. The van der Waals surface area contributed by atoms with E-state index in [4.69, 9.17) is 0 Å². The van der Waals surface area contributed by atoms with E-state index >= 15 is 0 Å². The molecule has 0 atom stereocenters. The van der Waals surface area contributed by atoms with E-state index in [9.17, 15) is 13.2 Å². The fourth-order valence-corrected chi connectivity index (χ4v) is 4.13. The van der Waals surface area contributed by atoms with Crippen molar-refractivity contribution in [2.45, 2.75) is 13.3 Å². The molecule has 26 heavy (non-hydrogen) atoms. The minimum Gasteiger partial charge on any atom is -0.370 e. The van der Waals surface area contributed by atoms with E-state index in [2.05, 4.69) is 41.5 Å². The number of sulfone groups is 1. The molecule has 0 aliphatic carbocycles. The molecule has 1 aromatic carbocycles. The third kappa shape index (κ3) is 4.82. The molecule has 0 unspecified atom stereocenters. The molecule has 3 rings (SSSR count). The Morgan fingerprint density at radius 3 is 2.62 bits per heavy atom. The lowest BCUT2D eigenvalue weighted by Gasteiger charge is -2.26. The number of aryl methyl sites for hydroxylation is 1. The number of amides is 1. The number of nitrogens with zero attached hydrogens (tertiary/aromatic N) is 2. The van der Waals surface area contributed by atoms with Gasteiger partial charge in [-0.05, 0) is 31.0 Å². The zero-order chi connectivity index (χ0) is 18.6. The van der Waals surface area contributed by atoms with Gasteiger partial charge in [-0.25, -0.2) is 13.4 Å². The van der Waals surface area contributed by atoms with E-state index in [0.29, 0.717) is 5.56 Å². The standard InChI is InChI=1S/C19H23N3O3S/c1-15-3-2-4-16(13-15)7-8-20-18-6-5-17(14-21-18)19(23)22-9-11-26(24,25)12-10-22/h2-6,13-14H,7-12H2,1H3,(H,20,21). The molecule has 138 valence electrons. The molecular weight excluding hydrogens is 350 g/mol. The third-order valence-electron chi connectivity index (χ3n) is 4.44. The second-order valence-corrected chi connectivity index (χ2v) is 8.85. The molecule has 0 spiro atoms. The minimum absolute atomic E-state index is 0.0325. The summed E-state index contributed by atoms with van der Waals surface area (Å²) in [6.45, 7) is 3.33. The fraction of sp³-hybridized carbons (Fsp3) is 0.368. The van der Waals surface area contributed by atoms with Gasteiger partial charge >= 0.3 is 0 Å². The van der Waals surface area contributed by atoms with Crippen LogP contribution in [-0.4, -0.2) is 55.3 Å². The molecule has 1 aromatic heterocycles. The molecule has 1 saturated heterocycles. The van der Waals surface area contributed by atoms with Gasteiger partial charge in [-0.3, -0.25) is 4.79 Å². The van der Waals surface area contributed by atoms with Crippen LogP contribution in [0.3, 0.4) is 0 Å². The monoisotopic (exact) mass is 373 g/mol. The highest BCUT2D eigenvalue weighted by atomic mass is 32.2. The number of hydrogen-bond donors (Lipinski definition) is 1. The van der Waals surface area contributed by atoms with Gasteiger partial charge in [0.05, 0.1) is 17.1 Å². The van der Waals surface area contributed by atoms with Crippen LogP contribution in [-0.2, 0) is 16.3 Å². The largest absolute Gasteiger partial charge is 0.370 e. The van der Waals surface area contributed by atoms with Crippen LogP contribution in [0.15, 0.2) is 42.6 Å². The van der Waals surface area contributed by atoms with Gasteiger partial charge in [0.25, 0.3) is 5.91 Å². The second kappa shape index (κ2) is 7.86. The summed E-state index contributed by atoms with van der Waals surface area (Å²) in [6, 6.07) is 11.9. The fourth-order valence-electron chi connectivity index (χ4n) is 2.93. The van der Waals surface area contributed by atoms with E-state index in [1.165, 1.54) is 11.1 Å². The summed E-state index contributed by atoms with van der Waals surface area (Å²) in [7, 11) is -2.99. The van der Waals surface area contributed by atoms with E-state index in [0.717, 1.165) is 18.8 Å². The molecule has 2 heterocycles. The first-order chi connectivity index (χ1) is 12.4. The molecule has 1 aliphatic heterocycles. The van der Waals surface area contributed by atoms with E-state index in [1.807, 2.05) is 0 Å². The molecule has 0 saturated carbocycles. The van der Waals surface area contributed by atoms with Gasteiger partial charge in [0.1, 0.15) is 5.82 Å². The second-order valence-electron chi connectivity index (χ2n) is 6.54. The zero-order valence-corrected chi connectivity index (χ0v) is 15.6. The number of aromatic nitrogens is 1. The highest BCUT2D eigenvalue weighted by molar-refractivity contribution is 7.91.